The minimum Gasteiger partial charge on any atom is -0.355 e. The quantitative estimate of drug-likeness (QED) is 0.398. The largest absolute Gasteiger partial charge is 0.355 e. The molecule has 0 spiro atoms. The highest BCUT2D eigenvalue weighted by Gasteiger charge is 2.22. The van der Waals surface area contributed by atoms with Crippen molar-refractivity contribution in [3.8, 4) is 11.3 Å². The number of hydrogen-bond donors (Lipinski definition) is 1. The van der Waals surface area contributed by atoms with Crippen LogP contribution in [0, 0.1) is 19.8 Å². The van der Waals surface area contributed by atoms with Crippen LogP contribution in [0.3, 0.4) is 0 Å². The lowest BCUT2D eigenvalue weighted by atomic mass is 9.78. The maximum Gasteiger partial charge on any atom is 0.123 e. The number of hydrogen-bond acceptors (Lipinski definition) is 1. The molecule has 1 aromatic heterocycles. The number of carbonyl (C=O) groups is 1. The van der Waals surface area contributed by atoms with Crippen molar-refractivity contribution in [3.63, 3.8) is 0 Å². The maximum atomic E-state index is 11.0. The van der Waals surface area contributed by atoms with E-state index >= 15 is 0 Å². The number of rotatable bonds is 5. The van der Waals surface area contributed by atoms with Crippen molar-refractivity contribution in [3.05, 3.63) is 59.2 Å². The Morgan fingerprint density at radius 1 is 0.938 bits per heavy atom. The molecule has 0 aliphatic heterocycles. The molecule has 3 aromatic rings. The molecule has 2 nitrogen and oxygen atoms in total. The molecular formula is C30H45NO. The van der Waals surface area contributed by atoms with Gasteiger partial charge in [0.25, 0.3) is 0 Å². The lowest BCUT2D eigenvalue weighted by molar-refractivity contribution is -0.111. The Kier molecular flexibility index (Phi) is 10.7. The second kappa shape index (κ2) is 13.3. The van der Waals surface area contributed by atoms with Crippen molar-refractivity contribution in [2.75, 3.05) is 0 Å². The molecule has 4 rings (SSSR count). The standard InChI is InChI=1S/C23H25NO.C5H12.C2H6.H2/c1-15-3-10-22-20(11-15)13-23(24-22)21-12-19(7-4-16(21)2)18-8-5-17(14-25)6-9-18;1-3-5-4-2;1-2;/h3-4,7,10-14,17-18,24H,5-6,8-9H2,1-2H3;3-5H2,1-2H3;1-2H3;1H. The Bertz CT molecular complexity index is 965. The molecule has 0 amide bonds. The van der Waals surface area contributed by atoms with E-state index in [-0.39, 0.29) is 7.34 Å². The molecule has 2 heteroatoms. The van der Waals surface area contributed by atoms with Crippen LogP contribution in [0.1, 0.15) is 96.7 Å². The number of benzene rings is 2. The van der Waals surface area contributed by atoms with E-state index in [4.69, 9.17) is 0 Å². The smallest absolute Gasteiger partial charge is 0.123 e. The number of H-pyrrole nitrogens is 1. The van der Waals surface area contributed by atoms with Crippen LogP contribution in [0.4, 0.5) is 0 Å². The third-order valence-corrected chi connectivity index (χ3v) is 6.47. The van der Waals surface area contributed by atoms with Gasteiger partial charge in [-0.2, -0.15) is 0 Å². The van der Waals surface area contributed by atoms with Crippen molar-refractivity contribution >= 4 is 17.2 Å². The summed E-state index contributed by atoms with van der Waals surface area (Å²) in [6, 6.07) is 15.7. The van der Waals surface area contributed by atoms with Gasteiger partial charge in [-0.05, 0) is 80.8 Å². The van der Waals surface area contributed by atoms with Crippen molar-refractivity contribution in [2.45, 2.75) is 92.4 Å². The molecule has 176 valence electrons. The SMILES string of the molecule is CC.CCCCC.Cc1ccc2[nH]c(-c3cc(C4CCC(C=O)CC4)ccc3C)cc2c1.[HH]. The van der Waals surface area contributed by atoms with Crippen LogP contribution in [0.2, 0.25) is 0 Å². The van der Waals surface area contributed by atoms with E-state index in [1.165, 1.54) is 58.1 Å². The van der Waals surface area contributed by atoms with Crippen molar-refractivity contribution in [1.82, 2.24) is 4.98 Å². The van der Waals surface area contributed by atoms with Crippen LogP contribution in [0.5, 0.6) is 0 Å². The number of nitrogens with one attached hydrogen (secondary N) is 1. The lowest BCUT2D eigenvalue weighted by Gasteiger charge is -2.26. The highest BCUT2D eigenvalue weighted by Crippen LogP contribution is 2.37. The minimum absolute atomic E-state index is 0. The highest BCUT2D eigenvalue weighted by molar-refractivity contribution is 5.87. The van der Waals surface area contributed by atoms with Gasteiger partial charge in [-0.3, -0.25) is 0 Å². The molecule has 1 fully saturated rings. The fraction of sp³-hybridized carbons (Fsp3) is 0.500. The summed E-state index contributed by atoms with van der Waals surface area (Å²) in [5, 5.41) is 1.27. The first-order chi connectivity index (χ1) is 15.5. The van der Waals surface area contributed by atoms with E-state index in [1.807, 2.05) is 13.8 Å². The van der Waals surface area contributed by atoms with Gasteiger partial charge in [0.05, 0.1) is 0 Å². The molecule has 1 aliphatic rings. The van der Waals surface area contributed by atoms with Gasteiger partial charge in [-0.15, -0.1) is 0 Å². The molecule has 1 heterocycles. The van der Waals surface area contributed by atoms with Gasteiger partial charge < -0.3 is 9.78 Å². The summed E-state index contributed by atoms with van der Waals surface area (Å²) in [6.07, 6.45) is 9.53. The van der Waals surface area contributed by atoms with E-state index in [1.54, 1.807) is 0 Å². The monoisotopic (exact) mass is 435 g/mol. The summed E-state index contributed by atoms with van der Waals surface area (Å²) >= 11 is 0. The second-order valence-electron chi connectivity index (χ2n) is 8.95. The summed E-state index contributed by atoms with van der Waals surface area (Å²) in [5.74, 6) is 0.861. The Hall–Kier alpha value is -2.35. The van der Waals surface area contributed by atoms with Crippen LogP contribution in [-0.4, -0.2) is 11.3 Å². The zero-order valence-electron chi connectivity index (χ0n) is 21.1. The van der Waals surface area contributed by atoms with Crippen LogP contribution < -0.4 is 0 Å². The van der Waals surface area contributed by atoms with Gasteiger partial charge in [0.15, 0.2) is 0 Å². The Labute approximate surface area is 197 Å². The topological polar surface area (TPSA) is 32.9 Å². The molecule has 32 heavy (non-hydrogen) atoms. The summed E-state index contributed by atoms with van der Waals surface area (Å²) < 4.78 is 0. The maximum absolute atomic E-state index is 11.0. The van der Waals surface area contributed by atoms with Gasteiger partial charge >= 0.3 is 0 Å². The normalized spacial score (nSPS) is 17.7. The Morgan fingerprint density at radius 2 is 1.62 bits per heavy atom. The highest BCUT2D eigenvalue weighted by atomic mass is 16.1. The fourth-order valence-electron chi connectivity index (χ4n) is 4.52. The van der Waals surface area contributed by atoms with Gasteiger partial charge in [0.1, 0.15) is 6.29 Å². The average molecular weight is 436 g/mol. The number of carbonyl (C=O) groups excluding carboxylic acids is 1. The molecule has 1 aliphatic carbocycles. The fourth-order valence-corrected chi connectivity index (χ4v) is 4.52. The first-order valence-electron chi connectivity index (χ1n) is 12.7. The third-order valence-electron chi connectivity index (χ3n) is 6.47. The number of aryl methyl sites for hydroxylation is 2. The van der Waals surface area contributed by atoms with E-state index in [0.29, 0.717) is 5.92 Å². The second-order valence-corrected chi connectivity index (χ2v) is 8.95. The number of aromatic amines is 1. The summed E-state index contributed by atoms with van der Waals surface area (Å²) in [6.45, 7) is 12.7. The van der Waals surface area contributed by atoms with Crippen molar-refractivity contribution in [1.29, 1.82) is 0 Å². The van der Waals surface area contributed by atoms with E-state index in [0.717, 1.165) is 32.0 Å². The predicted molar refractivity (Wildman–Crippen MR) is 143 cm³/mol. The summed E-state index contributed by atoms with van der Waals surface area (Å²) in [5.41, 5.74) is 7.69. The molecule has 2 aromatic carbocycles. The molecule has 1 N–H and O–H groups in total. The third kappa shape index (κ3) is 6.82. The molecule has 0 saturated heterocycles. The minimum atomic E-state index is 0. The van der Waals surface area contributed by atoms with Crippen LogP contribution in [0.25, 0.3) is 22.2 Å². The molecular weight excluding hydrogens is 390 g/mol. The Morgan fingerprint density at radius 3 is 2.22 bits per heavy atom. The Balaban J connectivity index is 0.000000606. The van der Waals surface area contributed by atoms with Crippen LogP contribution in [0.15, 0.2) is 42.5 Å². The van der Waals surface area contributed by atoms with Gasteiger partial charge in [-0.1, -0.05) is 70.7 Å². The molecule has 1 saturated carbocycles. The molecule has 0 unspecified atom stereocenters. The number of aromatic nitrogens is 1. The first-order valence-corrected chi connectivity index (χ1v) is 12.7. The van der Waals surface area contributed by atoms with E-state index in [2.05, 4.69) is 75.1 Å². The number of unbranched alkanes of at least 4 members (excludes halogenated alkanes) is 2. The zero-order valence-corrected chi connectivity index (χ0v) is 21.1. The number of fused-ring (bicyclic) bond motifs is 1. The summed E-state index contributed by atoms with van der Waals surface area (Å²) in [4.78, 5) is 14.6. The van der Waals surface area contributed by atoms with Gasteiger partial charge in [0, 0.05) is 29.5 Å². The lowest BCUT2D eigenvalue weighted by Crippen LogP contribution is -2.14. The first kappa shape index (κ1) is 25.9. The van der Waals surface area contributed by atoms with Gasteiger partial charge in [-0.25, -0.2) is 0 Å². The molecule has 0 bridgehead atoms. The van der Waals surface area contributed by atoms with E-state index in [9.17, 15) is 4.79 Å². The van der Waals surface area contributed by atoms with Crippen LogP contribution >= 0.6 is 0 Å². The predicted octanol–water partition coefficient (Wildman–Crippen LogP) is 9.39. The zero-order chi connectivity index (χ0) is 23.5. The average Bonchev–Trinajstić information content (AvgIpc) is 3.25. The van der Waals surface area contributed by atoms with Gasteiger partial charge in [0.2, 0.25) is 0 Å². The van der Waals surface area contributed by atoms with E-state index < -0.39 is 0 Å². The van der Waals surface area contributed by atoms with Crippen molar-refractivity contribution < 1.29 is 6.22 Å². The number of aldehydes is 1. The molecule has 0 radical (unpaired) electrons. The van der Waals surface area contributed by atoms with Crippen molar-refractivity contribution in [2.24, 2.45) is 5.92 Å². The van der Waals surface area contributed by atoms with Crippen LogP contribution in [-0.2, 0) is 4.79 Å². The molecule has 0 atom stereocenters. The summed E-state index contributed by atoms with van der Waals surface area (Å²) in [7, 11) is 0.